The maximum Gasteiger partial charge on any atom is 0.200 e. The van der Waals surface area contributed by atoms with Gasteiger partial charge in [-0.2, -0.15) is 0 Å². The topological polar surface area (TPSA) is 6.48 Å². The first-order valence-electron chi connectivity index (χ1n) is 16.0. The molecule has 0 fully saturated rings. The van der Waals surface area contributed by atoms with Gasteiger partial charge in [0, 0.05) is 29.8 Å². The molecule has 0 amide bonds. The van der Waals surface area contributed by atoms with Crippen molar-refractivity contribution in [2.24, 2.45) is 0 Å². The van der Waals surface area contributed by atoms with Gasteiger partial charge in [-0.25, -0.2) is 0 Å². The Hall–Kier alpha value is -3.72. The fourth-order valence-electron chi connectivity index (χ4n) is 7.62. The highest BCUT2D eigenvalue weighted by atomic mass is 15.2. The number of hydrogen-bond acceptors (Lipinski definition) is 2. The molecule has 3 heteroatoms. The van der Waals surface area contributed by atoms with Crippen LogP contribution < -0.4 is 20.7 Å². The highest BCUT2D eigenvalue weighted by molar-refractivity contribution is 6.73. The molecule has 1 heterocycles. The number of fused-ring (bicyclic) bond motifs is 3. The van der Waals surface area contributed by atoms with Crippen LogP contribution in [-0.2, 0) is 10.8 Å². The van der Waals surface area contributed by atoms with E-state index in [0.29, 0.717) is 0 Å². The van der Waals surface area contributed by atoms with Crippen molar-refractivity contribution in [2.45, 2.75) is 84.6 Å². The number of anilines is 4. The Bertz CT molecular complexity index is 1710. The third-order valence-electron chi connectivity index (χ3n) is 10.5. The molecule has 0 radical (unpaired) electrons. The minimum absolute atomic E-state index is 0.154. The maximum absolute atomic E-state index is 2.54. The summed E-state index contributed by atoms with van der Waals surface area (Å²) in [6.45, 7) is 18.8. The van der Waals surface area contributed by atoms with Gasteiger partial charge in [-0.05, 0) is 115 Å². The molecule has 1 aliphatic carbocycles. The number of hydrogen-bond donors (Lipinski definition) is 0. The zero-order valence-electron chi connectivity index (χ0n) is 27.7. The van der Waals surface area contributed by atoms with Crippen molar-refractivity contribution in [2.75, 3.05) is 16.8 Å². The molecule has 0 saturated carbocycles. The van der Waals surface area contributed by atoms with Crippen molar-refractivity contribution in [3.63, 3.8) is 0 Å². The Balaban J connectivity index is 1.53. The molecule has 0 bridgehead atoms. The monoisotopic (exact) mass is 566 g/mol. The van der Waals surface area contributed by atoms with Crippen molar-refractivity contribution in [1.29, 1.82) is 0 Å². The minimum atomic E-state index is -0.221. The van der Waals surface area contributed by atoms with Crippen molar-refractivity contribution < 1.29 is 0 Å². The molecule has 4 aromatic carbocycles. The van der Waals surface area contributed by atoms with Crippen LogP contribution in [0.5, 0.6) is 0 Å². The van der Waals surface area contributed by atoms with Crippen molar-refractivity contribution in [3.8, 4) is 0 Å². The Morgan fingerprint density at radius 2 is 1.47 bits per heavy atom. The molecule has 0 atom stereocenters. The van der Waals surface area contributed by atoms with E-state index in [1.807, 2.05) is 0 Å². The van der Waals surface area contributed by atoms with Crippen LogP contribution in [-0.4, -0.2) is 19.9 Å². The SMILES string of the molecule is C/C=C(/c1ccccc1)C(C)(C)N(C)c1cc(C)cc2c1Bc1ccccc1N2c1ccc2c(c1)C(C)(C)CCC2(C)C. The number of benzene rings is 4. The second-order valence-corrected chi connectivity index (χ2v) is 14.6. The first-order valence-corrected chi connectivity index (χ1v) is 16.0. The summed E-state index contributed by atoms with van der Waals surface area (Å²) in [5.41, 5.74) is 14.9. The van der Waals surface area contributed by atoms with Gasteiger partial charge in [0.2, 0.25) is 7.28 Å². The van der Waals surface area contributed by atoms with E-state index < -0.39 is 0 Å². The first kappa shape index (κ1) is 29.4. The Morgan fingerprint density at radius 1 is 0.814 bits per heavy atom. The van der Waals surface area contributed by atoms with E-state index in [4.69, 9.17) is 0 Å². The van der Waals surface area contributed by atoms with Gasteiger partial charge < -0.3 is 9.80 Å². The number of aryl methyl sites for hydroxylation is 1. The van der Waals surface area contributed by atoms with Crippen LogP contribution in [0.2, 0.25) is 0 Å². The van der Waals surface area contributed by atoms with Crippen LogP contribution in [0.15, 0.2) is 91.0 Å². The summed E-state index contributed by atoms with van der Waals surface area (Å²) in [7, 11) is 3.19. The summed E-state index contributed by atoms with van der Waals surface area (Å²) in [5.74, 6) is 0. The van der Waals surface area contributed by atoms with Crippen LogP contribution in [0, 0.1) is 6.92 Å². The van der Waals surface area contributed by atoms with Crippen LogP contribution in [0.4, 0.5) is 22.7 Å². The van der Waals surface area contributed by atoms with E-state index in [9.17, 15) is 0 Å². The van der Waals surface area contributed by atoms with Gasteiger partial charge >= 0.3 is 0 Å². The summed E-state index contributed by atoms with van der Waals surface area (Å²) < 4.78 is 0. The molecule has 220 valence electrons. The van der Waals surface area contributed by atoms with E-state index >= 15 is 0 Å². The Kier molecular flexibility index (Phi) is 7.15. The van der Waals surface area contributed by atoms with Gasteiger partial charge in [-0.1, -0.05) is 93.8 Å². The molecular weight excluding hydrogens is 519 g/mol. The second-order valence-electron chi connectivity index (χ2n) is 14.6. The normalized spacial score (nSPS) is 17.0. The van der Waals surface area contributed by atoms with Gasteiger partial charge in [-0.3, -0.25) is 0 Å². The number of rotatable bonds is 5. The van der Waals surface area contributed by atoms with Crippen molar-refractivity contribution in [3.05, 3.63) is 113 Å². The highest BCUT2D eigenvalue weighted by Gasteiger charge is 2.38. The molecule has 0 N–H and O–H groups in total. The van der Waals surface area contributed by atoms with Crippen molar-refractivity contribution >= 4 is 46.5 Å². The molecule has 2 nitrogen and oxygen atoms in total. The molecule has 43 heavy (non-hydrogen) atoms. The van der Waals surface area contributed by atoms with E-state index in [1.165, 1.54) is 74.3 Å². The van der Waals surface area contributed by atoms with Gasteiger partial charge in [0.1, 0.15) is 0 Å². The lowest BCUT2D eigenvalue weighted by atomic mass is 9.59. The van der Waals surface area contributed by atoms with Gasteiger partial charge in [0.15, 0.2) is 0 Å². The van der Waals surface area contributed by atoms with E-state index in [-0.39, 0.29) is 16.4 Å². The van der Waals surface area contributed by atoms with Crippen LogP contribution in [0.1, 0.15) is 83.6 Å². The summed E-state index contributed by atoms with van der Waals surface area (Å²) in [6.07, 6.45) is 4.72. The quantitative estimate of drug-likeness (QED) is 0.196. The molecule has 4 aromatic rings. The van der Waals surface area contributed by atoms with Crippen LogP contribution in [0.25, 0.3) is 5.57 Å². The molecule has 0 saturated heterocycles. The van der Waals surface area contributed by atoms with E-state index in [1.54, 1.807) is 0 Å². The predicted molar refractivity (Wildman–Crippen MR) is 190 cm³/mol. The molecule has 2 aliphatic rings. The minimum Gasteiger partial charge on any atom is -0.366 e. The van der Waals surface area contributed by atoms with Gasteiger partial charge in [-0.15, -0.1) is 0 Å². The highest BCUT2D eigenvalue weighted by Crippen LogP contribution is 2.48. The lowest BCUT2D eigenvalue weighted by molar-refractivity contribution is 0.332. The van der Waals surface area contributed by atoms with Gasteiger partial charge in [0.05, 0.1) is 5.54 Å². The fraction of sp³-hybridized carbons (Fsp3) is 0.350. The average molecular weight is 567 g/mol. The standard InChI is InChI=1S/C40H47BN2/c1-10-30(28-16-12-11-13-17-28)40(7,8)42(9)35-24-27(2)25-36-37(35)41-33-18-14-15-19-34(33)43(36)29-20-21-31-32(26-29)39(5,6)23-22-38(31,3)4/h10-21,24-26,41H,22-23H2,1-9H3/b30-10-. The molecule has 0 aromatic heterocycles. The zero-order valence-corrected chi connectivity index (χ0v) is 27.7. The van der Waals surface area contributed by atoms with E-state index in [2.05, 4.69) is 163 Å². The van der Waals surface area contributed by atoms with Crippen LogP contribution in [0.3, 0.4) is 0 Å². The van der Waals surface area contributed by atoms with Gasteiger partial charge in [0.25, 0.3) is 0 Å². The predicted octanol–water partition coefficient (Wildman–Crippen LogP) is 8.83. The zero-order chi connectivity index (χ0) is 30.7. The third kappa shape index (κ3) is 4.91. The van der Waals surface area contributed by atoms with Crippen LogP contribution >= 0.6 is 0 Å². The lowest BCUT2D eigenvalue weighted by Gasteiger charge is -2.44. The summed E-state index contributed by atoms with van der Waals surface area (Å²) in [6, 6.07) is 31.9. The maximum atomic E-state index is 2.54. The summed E-state index contributed by atoms with van der Waals surface area (Å²) in [4.78, 5) is 5.04. The Morgan fingerprint density at radius 3 is 2.16 bits per heavy atom. The largest absolute Gasteiger partial charge is 0.366 e. The lowest BCUT2D eigenvalue weighted by Crippen LogP contribution is -2.48. The first-order chi connectivity index (χ1) is 20.3. The molecule has 0 spiro atoms. The fourth-order valence-corrected chi connectivity index (χ4v) is 7.62. The molecule has 6 rings (SSSR count). The average Bonchev–Trinajstić information content (AvgIpc) is 2.98. The number of likely N-dealkylation sites (N-methyl/N-ethyl adjacent to an activating group) is 1. The summed E-state index contributed by atoms with van der Waals surface area (Å²) >= 11 is 0. The molecule has 0 unspecified atom stereocenters. The number of nitrogens with zero attached hydrogens (tertiary/aromatic N) is 2. The Labute approximate surface area is 260 Å². The molecular formula is C40H47BN2. The molecule has 1 aliphatic heterocycles. The number of allylic oxidation sites excluding steroid dienone is 1. The smallest absolute Gasteiger partial charge is 0.200 e. The summed E-state index contributed by atoms with van der Waals surface area (Å²) in [5, 5.41) is 0. The third-order valence-corrected chi connectivity index (χ3v) is 10.5. The van der Waals surface area contributed by atoms with E-state index in [0.717, 1.165) is 7.28 Å². The second kappa shape index (κ2) is 10.5. The van der Waals surface area contributed by atoms with Crippen molar-refractivity contribution in [1.82, 2.24) is 0 Å². The number of para-hydroxylation sites is 1.